The molecule has 0 spiro atoms. The van der Waals surface area contributed by atoms with Gasteiger partial charge in [0.1, 0.15) is 6.54 Å². The zero-order valence-corrected chi connectivity index (χ0v) is 14.1. The topological polar surface area (TPSA) is 77.1 Å². The number of amides is 1. The molecule has 0 saturated carbocycles. The third-order valence-corrected chi connectivity index (χ3v) is 4.97. The Morgan fingerprint density at radius 1 is 1.16 bits per heavy atom. The molecule has 0 unspecified atom stereocenters. The van der Waals surface area contributed by atoms with Gasteiger partial charge in [-0.3, -0.25) is 9.36 Å². The molecule has 126 valence electrons. The highest BCUT2D eigenvalue weighted by molar-refractivity contribution is 7.18. The van der Waals surface area contributed by atoms with Gasteiger partial charge in [-0.1, -0.05) is 24.3 Å². The van der Waals surface area contributed by atoms with Crippen molar-refractivity contribution in [3.8, 4) is 0 Å². The summed E-state index contributed by atoms with van der Waals surface area (Å²) in [7, 11) is 0. The maximum Gasteiger partial charge on any atom is 0.420 e. The highest BCUT2D eigenvalue weighted by atomic mass is 32.1. The van der Waals surface area contributed by atoms with Crippen molar-refractivity contribution >= 4 is 38.6 Å². The first-order chi connectivity index (χ1) is 12.2. The summed E-state index contributed by atoms with van der Waals surface area (Å²) in [6, 6.07) is 15.0. The van der Waals surface area contributed by atoms with Crippen molar-refractivity contribution in [2.75, 3.05) is 6.54 Å². The van der Waals surface area contributed by atoms with Crippen LogP contribution in [0.25, 0.3) is 21.3 Å². The van der Waals surface area contributed by atoms with E-state index in [4.69, 9.17) is 4.42 Å². The molecule has 2 aromatic heterocycles. The van der Waals surface area contributed by atoms with Crippen molar-refractivity contribution in [2.45, 2.75) is 13.0 Å². The van der Waals surface area contributed by atoms with Crippen LogP contribution in [0.4, 0.5) is 0 Å². The highest BCUT2D eigenvalue weighted by Crippen LogP contribution is 2.21. The Bertz CT molecular complexity index is 1080. The van der Waals surface area contributed by atoms with Gasteiger partial charge in [-0.15, -0.1) is 11.3 Å². The Kier molecular flexibility index (Phi) is 4.07. The molecular weight excluding hydrogens is 338 g/mol. The van der Waals surface area contributed by atoms with Crippen molar-refractivity contribution in [3.63, 3.8) is 0 Å². The fourth-order valence-electron chi connectivity index (χ4n) is 2.70. The zero-order valence-electron chi connectivity index (χ0n) is 13.3. The van der Waals surface area contributed by atoms with E-state index in [0.29, 0.717) is 24.1 Å². The van der Waals surface area contributed by atoms with Crippen LogP contribution in [-0.2, 0) is 17.8 Å². The van der Waals surface area contributed by atoms with Crippen LogP contribution in [0.5, 0.6) is 0 Å². The van der Waals surface area contributed by atoms with E-state index in [2.05, 4.69) is 10.3 Å². The number of thiazole rings is 1. The number of rotatable bonds is 5. The lowest BCUT2D eigenvalue weighted by Crippen LogP contribution is -2.32. The van der Waals surface area contributed by atoms with Gasteiger partial charge in [0.15, 0.2) is 5.58 Å². The molecule has 1 amide bonds. The molecule has 2 heterocycles. The molecule has 0 aliphatic carbocycles. The molecule has 1 N–H and O–H groups in total. The monoisotopic (exact) mass is 353 g/mol. The molecule has 7 heteroatoms. The lowest BCUT2D eigenvalue weighted by atomic mass is 10.3. The van der Waals surface area contributed by atoms with Crippen LogP contribution in [-0.4, -0.2) is 22.0 Å². The van der Waals surface area contributed by atoms with E-state index in [9.17, 15) is 9.59 Å². The van der Waals surface area contributed by atoms with E-state index < -0.39 is 5.76 Å². The van der Waals surface area contributed by atoms with Crippen molar-refractivity contribution in [1.29, 1.82) is 0 Å². The molecule has 4 rings (SSSR count). The largest absolute Gasteiger partial charge is 0.420 e. The summed E-state index contributed by atoms with van der Waals surface area (Å²) in [4.78, 5) is 28.6. The maximum absolute atomic E-state index is 12.1. The van der Waals surface area contributed by atoms with Gasteiger partial charge in [0.05, 0.1) is 20.7 Å². The zero-order chi connectivity index (χ0) is 17.2. The number of aromatic nitrogens is 2. The molecule has 0 fully saturated rings. The number of carbonyl (C=O) groups excluding carboxylic acids is 1. The first-order valence-electron chi connectivity index (χ1n) is 7.90. The standard InChI is InChI=1S/C18H15N3O3S/c22-16(11-21-13-6-2-3-7-14(13)24-18(21)23)19-10-9-17-20-12-5-1-4-8-15(12)25-17/h1-8H,9-11H2,(H,19,22). The second-order valence-corrected chi connectivity index (χ2v) is 6.71. The Hall–Kier alpha value is -2.93. The van der Waals surface area contributed by atoms with Gasteiger partial charge in [-0.2, -0.15) is 0 Å². The Morgan fingerprint density at radius 2 is 1.96 bits per heavy atom. The van der Waals surface area contributed by atoms with E-state index in [1.54, 1.807) is 35.6 Å². The molecule has 6 nitrogen and oxygen atoms in total. The fraction of sp³-hybridized carbons (Fsp3) is 0.167. The normalized spacial score (nSPS) is 11.2. The molecule has 0 aliphatic rings. The van der Waals surface area contributed by atoms with E-state index in [0.717, 1.165) is 15.2 Å². The van der Waals surface area contributed by atoms with Gasteiger partial charge in [0.25, 0.3) is 0 Å². The summed E-state index contributed by atoms with van der Waals surface area (Å²) in [6.07, 6.45) is 0.659. The van der Waals surface area contributed by atoms with E-state index in [-0.39, 0.29) is 12.5 Å². The quantitative estimate of drug-likeness (QED) is 0.598. The molecular formula is C18H15N3O3S. The summed E-state index contributed by atoms with van der Waals surface area (Å²) in [5, 5.41) is 3.81. The van der Waals surface area contributed by atoms with Crippen LogP contribution in [0.2, 0.25) is 0 Å². The SMILES string of the molecule is O=C(Cn1c(=O)oc2ccccc21)NCCc1nc2ccccc2s1. The Labute approximate surface area is 146 Å². The summed E-state index contributed by atoms with van der Waals surface area (Å²) >= 11 is 1.63. The van der Waals surface area contributed by atoms with Crippen molar-refractivity contribution in [2.24, 2.45) is 0 Å². The van der Waals surface area contributed by atoms with Crippen LogP contribution in [0.15, 0.2) is 57.7 Å². The minimum atomic E-state index is -0.525. The Morgan fingerprint density at radius 3 is 2.84 bits per heavy atom. The average Bonchev–Trinajstić information content (AvgIpc) is 3.16. The number of fused-ring (bicyclic) bond motifs is 2. The van der Waals surface area contributed by atoms with Crippen molar-refractivity contribution in [3.05, 3.63) is 64.1 Å². The summed E-state index contributed by atoms with van der Waals surface area (Å²) in [5.74, 6) is -0.753. The van der Waals surface area contributed by atoms with Crippen molar-refractivity contribution in [1.82, 2.24) is 14.9 Å². The third-order valence-electron chi connectivity index (χ3n) is 3.87. The summed E-state index contributed by atoms with van der Waals surface area (Å²) < 4.78 is 7.60. The molecule has 0 radical (unpaired) electrons. The van der Waals surface area contributed by atoms with Gasteiger partial charge in [0.2, 0.25) is 5.91 Å². The number of oxazole rings is 1. The van der Waals surface area contributed by atoms with Gasteiger partial charge in [-0.05, 0) is 24.3 Å². The number of hydrogen-bond donors (Lipinski definition) is 1. The number of nitrogens with zero attached hydrogens (tertiary/aromatic N) is 2. The van der Waals surface area contributed by atoms with Crippen LogP contribution >= 0.6 is 11.3 Å². The van der Waals surface area contributed by atoms with Gasteiger partial charge < -0.3 is 9.73 Å². The Balaban J connectivity index is 1.39. The van der Waals surface area contributed by atoms with Crippen LogP contribution in [0.3, 0.4) is 0 Å². The molecule has 0 saturated heterocycles. The first-order valence-corrected chi connectivity index (χ1v) is 8.72. The van der Waals surface area contributed by atoms with Crippen LogP contribution in [0, 0.1) is 0 Å². The predicted molar refractivity (Wildman–Crippen MR) is 96.8 cm³/mol. The highest BCUT2D eigenvalue weighted by Gasteiger charge is 2.12. The lowest BCUT2D eigenvalue weighted by Gasteiger charge is -2.04. The third kappa shape index (κ3) is 3.18. The molecule has 0 aliphatic heterocycles. The minimum absolute atomic E-state index is 0.0598. The second-order valence-electron chi connectivity index (χ2n) is 5.60. The van der Waals surface area contributed by atoms with E-state index >= 15 is 0 Å². The van der Waals surface area contributed by atoms with Crippen LogP contribution in [0.1, 0.15) is 5.01 Å². The second kappa shape index (κ2) is 6.52. The molecule has 2 aromatic carbocycles. The molecule has 4 aromatic rings. The van der Waals surface area contributed by atoms with Crippen LogP contribution < -0.4 is 11.1 Å². The summed E-state index contributed by atoms with van der Waals surface area (Å²) in [6.45, 7) is 0.416. The maximum atomic E-state index is 12.1. The van der Waals surface area contributed by atoms with Gasteiger partial charge >= 0.3 is 5.76 Å². The fourth-order valence-corrected chi connectivity index (χ4v) is 3.67. The minimum Gasteiger partial charge on any atom is -0.408 e. The molecule has 0 bridgehead atoms. The molecule has 25 heavy (non-hydrogen) atoms. The molecule has 0 atom stereocenters. The number of carbonyl (C=O) groups is 1. The number of nitrogens with one attached hydrogen (secondary N) is 1. The number of hydrogen-bond acceptors (Lipinski definition) is 5. The van der Waals surface area contributed by atoms with Crippen molar-refractivity contribution < 1.29 is 9.21 Å². The first kappa shape index (κ1) is 15.6. The lowest BCUT2D eigenvalue weighted by molar-refractivity contribution is -0.121. The summed E-state index contributed by atoms with van der Waals surface area (Å²) in [5.41, 5.74) is 2.08. The van der Waals surface area contributed by atoms with Gasteiger partial charge in [0, 0.05) is 13.0 Å². The van der Waals surface area contributed by atoms with E-state index in [1.165, 1.54) is 4.57 Å². The average molecular weight is 353 g/mol. The van der Waals surface area contributed by atoms with E-state index in [1.807, 2.05) is 24.3 Å². The number of benzene rings is 2. The number of para-hydroxylation sites is 3. The predicted octanol–water partition coefficient (Wildman–Crippen LogP) is 2.56. The smallest absolute Gasteiger partial charge is 0.408 e. The van der Waals surface area contributed by atoms with Gasteiger partial charge in [-0.25, -0.2) is 9.78 Å².